The molecule has 4 aromatic rings. The van der Waals surface area contributed by atoms with E-state index in [9.17, 15) is 8.42 Å². The Morgan fingerprint density at radius 3 is 2.61 bits per heavy atom. The van der Waals surface area contributed by atoms with Crippen LogP contribution in [0.2, 0.25) is 0 Å². The van der Waals surface area contributed by atoms with Crippen LogP contribution in [0.15, 0.2) is 58.2 Å². The highest BCUT2D eigenvalue weighted by atomic mass is 32.2. The van der Waals surface area contributed by atoms with Gasteiger partial charge in [-0.15, -0.1) is 0 Å². The largest absolute Gasteiger partial charge is 0.471 e. The molecule has 4 rings (SSSR count). The monoisotopic (exact) mass is 437 g/mol. The number of nitrogens with zero attached hydrogens (tertiary/aromatic N) is 6. The van der Waals surface area contributed by atoms with Crippen molar-refractivity contribution in [3.63, 3.8) is 0 Å². The molecule has 0 aliphatic rings. The van der Waals surface area contributed by atoms with Crippen LogP contribution in [0.25, 0.3) is 27.7 Å². The first-order valence-electron chi connectivity index (χ1n) is 8.79. The lowest BCUT2D eigenvalue weighted by Gasteiger charge is -2.06. The number of primary sulfonamides is 1. The Kier molecular flexibility index (Phi) is 5.20. The third kappa shape index (κ3) is 4.27. The SMILES string of the molecule is [C-]#[N+]c1ccc(OCc2c(-c3nc(-c4ccc(S(N)(=O)=O)cc4)no3)cnn2C)nc1. The molecule has 31 heavy (non-hydrogen) atoms. The molecule has 0 saturated carbocycles. The van der Waals surface area contributed by atoms with Crippen molar-refractivity contribution >= 4 is 15.7 Å². The highest BCUT2D eigenvalue weighted by Crippen LogP contribution is 2.26. The summed E-state index contributed by atoms with van der Waals surface area (Å²) in [6.45, 7) is 7.10. The lowest BCUT2D eigenvalue weighted by Crippen LogP contribution is -2.11. The summed E-state index contributed by atoms with van der Waals surface area (Å²) in [5.74, 6) is 0.873. The molecule has 3 aromatic heterocycles. The van der Waals surface area contributed by atoms with Gasteiger partial charge in [-0.1, -0.05) is 5.16 Å². The first-order valence-corrected chi connectivity index (χ1v) is 10.3. The summed E-state index contributed by atoms with van der Waals surface area (Å²) in [5.41, 5.74) is 2.24. The minimum Gasteiger partial charge on any atom is -0.471 e. The van der Waals surface area contributed by atoms with Gasteiger partial charge < -0.3 is 9.26 Å². The molecule has 0 radical (unpaired) electrons. The smallest absolute Gasteiger partial charge is 0.261 e. The zero-order valence-electron chi connectivity index (χ0n) is 16.1. The average Bonchev–Trinajstić information content (AvgIpc) is 3.39. The van der Waals surface area contributed by atoms with Crippen LogP contribution in [0, 0.1) is 6.57 Å². The molecule has 0 bridgehead atoms. The Bertz CT molecular complexity index is 1370. The minimum absolute atomic E-state index is 0.00953. The Balaban J connectivity index is 1.56. The molecule has 2 N–H and O–H groups in total. The summed E-state index contributed by atoms with van der Waals surface area (Å²) in [6.07, 6.45) is 3.01. The number of aromatic nitrogens is 5. The van der Waals surface area contributed by atoms with Crippen LogP contribution in [0.1, 0.15) is 5.69 Å². The molecule has 0 amide bonds. The lowest BCUT2D eigenvalue weighted by atomic mass is 10.2. The quantitative estimate of drug-likeness (QED) is 0.453. The van der Waals surface area contributed by atoms with Gasteiger partial charge in [0.05, 0.1) is 28.9 Å². The Hall–Kier alpha value is -4.08. The molecule has 12 heteroatoms. The van der Waals surface area contributed by atoms with E-state index in [0.29, 0.717) is 28.4 Å². The number of pyridine rings is 1. The van der Waals surface area contributed by atoms with E-state index in [1.165, 1.54) is 18.3 Å². The van der Waals surface area contributed by atoms with Gasteiger partial charge in [0.15, 0.2) is 0 Å². The maximum absolute atomic E-state index is 11.4. The number of ether oxygens (including phenoxy) is 1. The number of aryl methyl sites for hydroxylation is 1. The van der Waals surface area contributed by atoms with E-state index in [1.54, 1.807) is 42.2 Å². The molecule has 0 fully saturated rings. The second kappa shape index (κ2) is 7.98. The van der Waals surface area contributed by atoms with Crippen LogP contribution in [-0.2, 0) is 23.7 Å². The van der Waals surface area contributed by atoms with E-state index in [-0.39, 0.29) is 23.2 Å². The molecule has 0 spiro atoms. The Morgan fingerprint density at radius 2 is 1.97 bits per heavy atom. The number of benzene rings is 1. The van der Waals surface area contributed by atoms with Crippen molar-refractivity contribution < 1.29 is 17.7 Å². The molecule has 0 saturated heterocycles. The predicted molar refractivity (Wildman–Crippen MR) is 108 cm³/mol. The highest BCUT2D eigenvalue weighted by molar-refractivity contribution is 7.89. The number of rotatable bonds is 6. The van der Waals surface area contributed by atoms with Gasteiger partial charge in [0.2, 0.25) is 27.4 Å². The summed E-state index contributed by atoms with van der Waals surface area (Å²) in [4.78, 5) is 11.7. The van der Waals surface area contributed by atoms with Crippen molar-refractivity contribution in [1.82, 2.24) is 24.9 Å². The van der Waals surface area contributed by atoms with Gasteiger partial charge >= 0.3 is 0 Å². The molecular weight excluding hydrogens is 422 g/mol. The van der Waals surface area contributed by atoms with Gasteiger partial charge in [0.1, 0.15) is 6.61 Å². The van der Waals surface area contributed by atoms with E-state index < -0.39 is 10.0 Å². The van der Waals surface area contributed by atoms with Crippen molar-refractivity contribution in [3.8, 4) is 28.7 Å². The fraction of sp³-hybridized carbons (Fsp3) is 0.105. The van der Waals surface area contributed by atoms with Gasteiger partial charge in [-0.05, 0) is 36.4 Å². The summed E-state index contributed by atoms with van der Waals surface area (Å²) in [5, 5.41) is 13.3. The maximum Gasteiger partial charge on any atom is 0.261 e. The normalized spacial score (nSPS) is 11.3. The van der Waals surface area contributed by atoms with E-state index in [2.05, 4.69) is 25.1 Å². The summed E-state index contributed by atoms with van der Waals surface area (Å²) >= 11 is 0. The van der Waals surface area contributed by atoms with Gasteiger partial charge in [-0.3, -0.25) is 4.68 Å². The standard InChI is InChI=1S/C19H15N7O4S/c1-21-13-5-8-17(22-9-13)29-11-16-15(10-23-26(16)2)19-24-18(25-30-19)12-3-6-14(7-4-12)31(20,27)28/h3-10H,11H2,2H3,(H2,20,27,28). The second-order valence-electron chi connectivity index (χ2n) is 6.38. The molecular formula is C19H15N7O4S. The number of sulfonamides is 1. The van der Waals surface area contributed by atoms with Gasteiger partial charge in [0, 0.05) is 18.8 Å². The number of hydrogen-bond donors (Lipinski definition) is 1. The maximum atomic E-state index is 11.4. The Morgan fingerprint density at radius 1 is 1.19 bits per heavy atom. The van der Waals surface area contributed by atoms with Crippen molar-refractivity contribution in [1.29, 1.82) is 0 Å². The first kappa shape index (κ1) is 20.2. The van der Waals surface area contributed by atoms with Gasteiger partial charge in [-0.2, -0.15) is 10.1 Å². The van der Waals surface area contributed by atoms with Crippen LogP contribution in [-0.4, -0.2) is 33.3 Å². The fourth-order valence-electron chi connectivity index (χ4n) is 2.72. The predicted octanol–water partition coefficient (Wildman–Crippen LogP) is 2.31. The zero-order chi connectivity index (χ0) is 22.0. The summed E-state index contributed by atoms with van der Waals surface area (Å²) in [7, 11) is -2.03. The third-order valence-electron chi connectivity index (χ3n) is 4.37. The van der Waals surface area contributed by atoms with Crippen molar-refractivity contribution in [2.45, 2.75) is 11.5 Å². The number of nitrogens with two attached hydrogens (primary N) is 1. The molecule has 0 atom stereocenters. The van der Waals surface area contributed by atoms with Crippen molar-refractivity contribution in [2.75, 3.05) is 0 Å². The summed E-state index contributed by atoms with van der Waals surface area (Å²) < 4.78 is 35.5. The zero-order valence-corrected chi connectivity index (χ0v) is 16.9. The fourth-order valence-corrected chi connectivity index (χ4v) is 3.24. The van der Waals surface area contributed by atoms with Crippen molar-refractivity contribution in [3.05, 3.63) is 65.9 Å². The van der Waals surface area contributed by atoms with E-state index >= 15 is 0 Å². The molecule has 0 aliphatic carbocycles. The van der Waals surface area contributed by atoms with Crippen molar-refractivity contribution in [2.24, 2.45) is 12.2 Å². The molecule has 1 aromatic carbocycles. The molecule has 0 aliphatic heterocycles. The van der Waals surface area contributed by atoms with Crippen LogP contribution < -0.4 is 9.88 Å². The Labute approximate surface area is 177 Å². The summed E-state index contributed by atoms with van der Waals surface area (Å²) in [6, 6.07) is 9.05. The topological polar surface area (TPSA) is 143 Å². The van der Waals surface area contributed by atoms with Crippen LogP contribution in [0.4, 0.5) is 5.69 Å². The van der Waals surface area contributed by atoms with Crippen LogP contribution in [0.3, 0.4) is 0 Å². The van der Waals surface area contributed by atoms with Gasteiger partial charge in [0.25, 0.3) is 5.89 Å². The number of hydrogen-bond acceptors (Lipinski definition) is 8. The minimum atomic E-state index is -3.78. The van der Waals surface area contributed by atoms with Crippen LogP contribution >= 0.6 is 0 Å². The average molecular weight is 437 g/mol. The highest BCUT2D eigenvalue weighted by Gasteiger charge is 2.19. The first-order chi connectivity index (χ1) is 14.8. The second-order valence-corrected chi connectivity index (χ2v) is 7.94. The molecule has 0 unspecified atom stereocenters. The van der Waals surface area contributed by atoms with E-state index in [4.69, 9.17) is 21.0 Å². The molecule has 156 valence electrons. The van der Waals surface area contributed by atoms with Crippen LogP contribution in [0.5, 0.6) is 5.88 Å². The lowest BCUT2D eigenvalue weighted by molar-refractivity contribution is 0.283. The third-order valence-corrected chi connectivity index (χ3v) is 5.29. The van der Waals surface area contributed by atoms with E-state index in [1.807, 2.05) is 0 Å². The van der Waals surface area contributed by atoms with Gasteiger partial charge in [-0.25, -0.2) is 23.4 Å². The van der Waals surface area contributed by atoms with E-state index in [0.717, 1.165) is 0 Å². The molecule has 11 nitrogen and oxygen atoms in total. The molecule has 3 heterocycles.